The number of esters is 1. The molecule has 2 amide bonds. The summed E-state index contributed by atoms with van der Waals surface area (Å²) in [5.41, 5.74) is 0.855. The minimum absolute atomic E-state index is 0.246. The van der Waals surface area contributed by atoms with Crippen molar-refractivity contribution in [2.75, 3.05) is 6.61 Å². The fourth-order valence-electron chi connectivity index (χ4n) is 3.11. The predicted octanol–water partition coefficient (Wildman–Crippen LogP) is 2.88. The van der Waals surface area contributed by atoms with Gasteiger partial charge in [0.05, 0.1) is 17.7 Å². The monoisotopic (exact) mass is 395 g/mol. The molecule has 0 bridgehead atoms. The van der Waals surface area contributed by atoms with Crippen LogP contribution >= 0.6 is 0 Å². The molecule has 1 heterocycles. The van der Waals surface area contributed by atoms with E-state index in [1.54, 1.807) is 36.4 Å². The lowest BCUT2D eigenvalue weighted by atomic mass is 10.1. The number of hydrogen-bond acceptors (Lipinski definition) is 6. The maximum Gasteiger partial charge on any atom is 0.329 e. The maximum absolute atomic E-state index is 12.5. The molecule has 0 spiro atoms. The van der Waals surface area contributed by atoms with Crippen LogP contribution in [0.1, 0.15) is 51.8 Å². The van der Waals surface area contributed by atoms with Gasteiger partial charge in [0.1, 0.15) is 11.8 Å². The van der Waals surface area contributed by atoms with Crippen LogP contribution in [0.5, 0.6) is 5.75 Å². The Hall–Kier alpha value is -3.48. The second-order valence-corrected chi connectivity index (χ2v) is 6.60. The van der Waals surface area contributed by atoms with Gasteiger partial charge in [0, 0.05) is 5.56 Å². The van der Waals surface area contributed by atoms with Gasteiger partial charge in [0.15, 0.2) is 6.10 Å². The van der Waals surface area contributed by atoms with E-state index in [9.17, 15) is 19.2 Å². The first kappa shape index (κ1) is 20.3. The molecule has 7 nitrogen and oxygen atoms in total. The Kier molecular flexibility index (Phi) is 5.77. The lowest BCUT2D eigenvalue weighted by molar-refractivity contribution is -0.150. The Morgan fingerprint density at radius 1 is 0.931 bits per heavy atom. The zero-order chi connectivity index (χ0) is 21.1. The first-order valence-electron chi connectivity index (χ1n) is 9.29. The number of rotatable bonds is 7. The van der Waals surface area contributed by atoms with E-state index in [-0.39, 0.29) is 11.1 Å². The standard InChI is InChI=1S/C22H21NO6/c1-4-28-16-11-9-15(10-12-16)19(24)14(3)29-22(27)13(2)23-20(25)17-7-5-6-8-18(17)21(23)26/h5-14H,4H2,1-3H3/t13-,14-/m0/s1. The Morgan fingerprint density at radius 2 is 1.48 bits per heavy atom. The molecule has 0 aliphatic carbocycles. The van der Waals surface area contributed by atoms with Crippen molar-refractivity contribution in [1.82, 2.24) is 4.90 Å². The van der Waals surface area contributed by atoms with Crippen LogP contribution in [0.4, 0.5) is 0 Å². The number of fused-ring (bicyclic) bond motifs is 1. The zero-order valence-corrected chi connectivity index (χ0v) is 16.4. The number of carbonyl (C=O) groups is 4. The third-order valence-electron chi connectivity index (χ3n) is 4.67. The van der Waals surface area contributed by atoms with Crippen LogP contribution in [0.2, 0.25) is 0 Å². The lowest BCUT2D eigenvalue weighted by Gasteiger charge is -2.22. The van der Waals surface area contributed by atoms with E-state index in [0.29, 0.717) is 17.9 Å². The molecule has 2 atom stereocenters. The molecule has 150 valence electrons. The van der Waals surface area contributed by atoms with Crippen molar-refractivity contribution in [3.63, 3.8) is 0 Å². The van der Waals surface area contributed by atoms with E-state index < -0.39 is 35.7 Å². The highest BCUT2D eigenvalue weighted by Gasteiger charge is 2.41. The van der Waals surface area contributed by atoms with Gasteiger partial charge in [-0.3, -0.25) is 19.3 Å². The summed E-state index contributed by atoms with van der Waals surface area (Å²) in [7, 11) is 0. The highest BCUT2D eigenvalue weighted by Crippen LogP contribution is 2.25. The molecule has 0 radical (unpaired) electrons. The van der Waals surface area contributed by atoms with Crippen molar-refractivity contribution in [3.05, 3.63) is 65.2 Å². The summed E-state index contributed by atoms with van der Waals surface area (Å²) < 4.78 is 10.6. The van der Waals surface area contributed by atoms with Gasteiger partial charge in [0.2, 0.25) is 5.78 Å². The highest BCUT2D eigenvalue weighted by molar-refractivity contribution is 6.22. The minimum atomic E-state index is -1.15. The van der Waals surface area contributed by atoms with E-state index in [1.807, 2.05) is 6.92 Å². The molecule has 0 aromatic heterocycles. The van der Waals surface area contributed by atoms with Gasteiger partial charge >= 0.3 is 5.97 Å². The zero-order valence-electron chi connectivity index (χ0n) is 16.4. The number of Topliss-reactive ketones (excluding diaryl/α,β-unsaturated/α-hetero) is 1. The molecule has 0 fully saturated rings. The van der Waals surface area contributed by atoms with Crippen molar-refractivity contribution >= 4 is 23.6 Å². The maximum atomic E-state index is 12.5. The number of ether oxygens (including phenoxy) is 2. The summed E-state index contributed by atoms with van der Waals surface area (Å²) in [4.78, 5) is 50.9. The van der Waals surface area contributed by atoms with E-state index in [0.717, 1.165) is 4.90 Å². The van der Waals surface area contributed by atoms with Crippen LogP contribution in [-0.4, -0.2) is 47.2 Å². The largest absolute Gasteiger partial charge is 0.494 e. The molecule has 7 heteroatoms. The predicted molar refractivity (Wildman–Crippen MR) is 104 cm³/mol. The Morgan fingerprint density at radius 3 is 2.00 bits per heavy atom. The minimum Gasteiger partial charge on any atom is -0.494 e. The van der Waals surface area contributed by atoms with Crippen LogP contribution in [0.25, 0.3) is 0 Å². The van der Waals surface area contributed by atoms with Gasteiger partial charge < -0.3 is 9.47 Å². The van der Waals surface area contributed by atoms with E-state index in [1.165, 1.54) is 26.0 Å². The Bertz CT molecular complexity index is 931. The molecule has 0 saturated heterocycles. The molecule has 1 aliphatic rings. The van der Waals surface area contributed by atoms with Crippen LogP contribution < -0.4 is 4.74 Å². The number of hydrogen-bond donors (Lipinski definition) is 0. The Balaban J connectivity index is 1.67. The number of nitrogens with zero attached hydrogens (tertiary/aromatic N) is 1. The smallest absolute Gasteiger partial charge is 0.329 e. The molecule has 0 N–H and O–H groups in total. The van der Waals surface area contributed by atoms with Gasteiger partial charge in [-0.05, 0) is 57.2 Å². The lowest BCUT2D eigenvalue weighted by Crippen LogP contribution is -2.45. The average Bonchev–Trinajstić information content (AvgIpc) is 2.98. The summed E-state index contributed by atoms with van der Waals surface area (Å²) in [5.74, 6) is -1.70. The molecule has 3 rings (SSSR count). The molecule has 2 aromatic rings. The molecule has 1 aliphatic heterocycles. The van der Waals surface area contributed by atoms with Crippen LogP contribution in [0, 0.1) is 0 Å². The summed E-state index contributed by atoms with van der Waals surface area (Å²) >= 11 is 0. The van der Waals surface area contributed by atoms with E-state index in [2.05, 4.69) is 0 Å². The SMILES string of the molecule is CCOc1ccc(C(=O)[C@H](C)OC(=O)[C@H](C)N2C(=O)c3ccccc3C2=O)cc1. The normalized spacial score (nSPS) is 14.9. The van der Waals surface area contributed by atoms with E-state index >= 15 is 0 Å². The molecule has 2 aromatic carbocycles. The summed E-state index contributed by atoms with van der Waals surface area (Å²) in [6.45, 7) is 5.22. The van der Waals surface area contributed by atoms with Crippen LogP contribution in [0.15, 0.2) is 48.5 Å². The van der Waals surface area contributed by atoms with Crippen molar-refractivity contribution in [2.24, 2.45) is 0 Å². The van der Waals surface area contributed by atoms with Gasteiger partial charge in [-0.15, -0.1) is 0 Å². The first-order valence-corrected chi connectivity index (χ1v) is 9.29. The number of amides is 2. The van der Waals surface area contributed by atoms with Crippen molar-refractivity contribution in [2.45, 2.75) is 32.9 Å². The average molecular weight is 395 g/mol. The van der Waals surface area contributed by atoms with Crippen molar-refractivity contribution in [3.8, 4) is 5.75 Å². The summed E-state index contributed by atoms with van der Waals surface area (Å²) in [5, 5.41) is 0. The second-order valence-electron chi connectivity index (χ2n) is 6.60. The molecular weight excluding hydrogens is 374 g/mol. The van der Waals surface area contributed by atoms with Crippen molar-refractivity contribution in [1.29, 1.82) is 0 Å². The number of ketones is 1. The number of benzene rings is 2. The van der Waals surface area contributed by atoms with Crippen LogP contribution in [-0.2, 0) is 9.53 Å². The van der Waals surface area contributed by atoms with Gasteiger partial charge in [-0.25, -0.2) is 4.79 Å². The van der Waals surface area contributed by atoms with Gasteiger partial charge in [-0.1, -0.05) is 12.1 Å². The molecule has 0 unspecified atom stereocenters. The van der Waals surface area contributed by atoms with Gasteiger partial charge in [-0.2, -0.15) is 0 Å². The topological polar surface area (TPSA) is 90.0 Å². The Labute approximate surface area is 168 Å². The summed E-state index contributed by atoms with van der Waals surface area (Å²) in [6.07, 6.45) is -1.07. The molecular formula is C22H21NO6. The quantitative estimate of drug-likeness (QED) is 0.407. The number of imide groups is 1. The highest BCUT2D eigenvalue weighted by atomic mass is 16.5. The number of carbonyl (C=O) groups excluding carboxylic acids is 4. The first-order chi connectivity index (χ1) is 13.8. The second kappa shape index (κ2) is 8.26. The molecule has 29 heavy (non-hydrogen) atoms. The fraction of sp³-hybridized carbons (Fsp3) is 0.273. The van der Waals surface area contributed by atoms with Crippen LogP contribution in [0.3, 0.4) is 0 Å². The fourth-order valence-corrected chi connectivity index (χ4v) is 3.11. The van der Waals surface area contributed by atoms with Crippen molar-refractivity contribution < 1.29 is 28.7 Å². The van der Waals surface area contributed by atoms with E-state index in [4.69, 9.17) is 9.47 Å². The third kappa shape index (κ3) is 3.89. The third-order valence-corrected chi connectivity index (χ3v) is 4.67. The molecule has 0 saturated carbocycles. The van der Waals surface area contributed by atoms with Gasteiger partial charge in [0.25, 0.3) is 11.8 Å². The summed E-state index contributed by atoms with van der Waals surface area (Å²) in [6, 6.07) is 11.7.